The van der Waals surface area contributed by atoms with Crippen LogP contribution in [0.25, 0.3) is 0 Å². The van der Waals surface area contributed by atoms with Crippen molar-refractivity contribution >= 4 is 15.7 Å². The molecule has 0 saturated carbocycles. The third-order valence-corrected chi connectivity index (χ3v) is 4.40. The van der Waals surface area contributed by atoms with Gasteiger partial charge in [-0.3, -0.25) is 0 Å². The molecule has 0 radical (unpaired) electrons. The van der Waals surface area contributed by atoms with Crippen LogP contribution in [0.15, 0.2) is 34.3 Å². The van der Waals surface area contributed by atoms with E-state index in [9.17, 15) is 8.42 Å². The van der Waals surface area contributed by atoms with E-state index in [2.05, 4.69) is 9.93 Å². The Bertz CT molecular complexity index is 555. The smallest absolute Gasteiger partial charge is 0.276 e. The molecule has 1 aromatic rings. The van der Waals surface area contributed by atoms with Gasteiger partial charge in [-0.1, -0.05) is 24.1 Å². The molecule has 2 rings (SSSR count). The SMILES string of the molecule is Cc1ccc(S(=O)(=O)N/N=C2/CCCCCOC2)cc1. The number of nitrogens with zero attached hydrogens (tertiary/aromatic N) is 1. The van der Waals surface area contributed by atoms with Crippen LogP contribution < -0.4 is 4.83 Å². The lowest BCUT2D eigenvalue weighted by Gasteiger charge is -2.12. The maximum Gasteiger partial charge on any atom is 0.276 e. The van der Waals surface area contributed by atoms with Crippen LogP contribution in [0.2, 0.25) is 0 Å². The molecule has 1 aliphatic rings. The highest BCUT2D eigenvalue weighted by Crippen LogP contribution is 2.11. The number of ether oxygens (including phenoxy) is 1. The summed E-state index contributed by atoms with van der Waals surface area (Å²) in [4.78, 5) is 2.51. The third kappa shape index (κ3) is 4.31. The van der Waals surface area contributed by atoms with Crippen molar-refractivity contribution in [1.82, 2.24) is 4.83 Å². The molecule has 1 heterocycles. The number of hydrogen-bond acceptors (Lipinski definition) is 4. The normalized spacial score (nSPS) is 19.4. The highest BCUT2D eigenvalue weighted by atomic mass is 32.2. The van der Waals surface area contributed by atoms with E-state index >= 15 is 0 Å². The lowest BCUT2D eigenvalue weighted by Crippen LogP contribution is -2.23. The fourth-order valence-corrected chi connectivity index (χ4v) is 2.80. The summed E-state index contributed by atoms with van der Waals surface area (Å²) in [5.41, 5.74) is 1.77. The van der Waals surface area contributed by atoms with Crippen molar-refractivity contribution in [3.05, 3.63) is 29.8 Å². The highest BCUT2D eigenvalue weighted by molar-refractivity contribution is 7.89. The van der Waals surface area contributed by atoms with E-state index in [1.165, 1.54) is 0 Å². The average molecular weight is 296 g/mol. The molecule has 0 atom stereocenters. The minimum atomic E-state index is -3.59. The third-order valence-electron chi connectivity index (χ3n) is 3.18. The summed E-state index contributed by atoms with van der Waals surface area (Å²) in [6.07, 6.45) is 3.94. The van der Waals surface area contributed by atoms with Crippen molar-refractivity contribution in [3.8, 4) is 0 Å². The van der Waals surface area contributed by atoms with Gasteiger partial charge in [-0.15, -0.1) is 0 Å². The Morgan fingerprint density at radius 1 is 1.15 bits per heavy atom. The first-order valence-corrected chi connectivity index (χ1v) is 8.28. The Kier molecular flexibility index (Phi) is 5.14. The van der Waals surface area contributed by atoms with Gasteiger partial charge in [0.1, 0.15) is 0 Å². The molecular weight excluding hydrogens is 276 g/mol. The van der Waals surface area contributed by atoms with E-state index in [1.807, 2.05) is 6.92 Å². The molecule has 0 spiro atoms. The maximum atomic E-state index is 12.1. The summed E-state index contributed by atoms with van der Waals surface area (Å²) < 4.78 is 29.6. The molecule has 0 aromatic heterocycles. The fraction of sp³-hybridized carbons (Fsp3) is 0.500. The zero-order valence-corrected chi connectivity index (χ0v) is 12.4. The molecule has 0 amide bonds. The Morgan fingerprint density at radius 2 is 1.90 bits per heavy atom. The molecular formula is C14H20N2O3S. The maximum absolute atomic E-state index is 12.1. The summed E-state index contributed by atoms with van der Waals surface area (Å²) >= 11 is 0. The van der Waals surface area contributed by atoms with Gasteiger partial charge in [0.15, 0.2) is 0 Å². The van der Waals surface area contributed by atoms with Gasteiger partial charge in [0.05, 0.1) is 17.2 Å². The van der Waals surface area contributed by atoms with Crippen LogP contribution in [-0.2, 0) is 14.8 Å². The van der Waals surface area contributed by atoms with Crippen LogP contribution in [0.1, 0.15) is 31.2 Å². The van der Waals surface area contributed by atoms with Crippen molar-refractivity contribution < 1.29 is 13.2 Å². The summed E-state index contributed by atoms with van der Waals surface area (Å²) in [7, 11) is -3.59. The Hall–Kier alpha value is -1.40. The number of aryl methyl sites for hydroxylation is 1. The molecule has 1 saturated heterocycles. The molecule has 1 N–H and O–H groups in total. The van der Waals surface area contributed by atoms with Crippen LogP contribution in [0.3, 0.4) is 0 Å². The van der Waals surface area contributed by atoms with E-state index in [-0.39, 0.29) is 4.90 Å². The van der Waals surface area contributed by atoms with Crippen molar-refractivity contribution in [3.63, 3.8) is 0 Å². The van der Waals surface area contributed by atoms with E-state index in [1.54, 1.807) is 24.3 Å². The van der Waals surface area contributed by atoms with Gasteiger partial charge in [0.2, 0.25) is 0 Å². The number of benzene rings is 1. The molecule has 1 aromatic carbocycles. The summed E-state index contributed by atoms with van der Waals surface area (Å²) in [5, 5.41) is 4.01. The van der Waals surface area contributed by atoms with E-state index < -0.39 is 10.0 Å². The van der Waals surface area contributed by atoms with Gasteiger partial charge in [-0.05, 0) is 38.3 Å². The molecule has 6 heteroatoms. The summed E-state index contributed by atoms with van der Waals surface area (Å²) in [6.45, 7) is 3.02. The minimum absolute atomic E-state index is 0.221. The Balaban J connectivity index is 2.05. The fourth-order valence-electron chi connectivity index (χ4n) is 1.96. The zero-order chi connectivity index (χ0) is 14.4. The lowest BCUT2D eigenvalue weighted by atomic mass is 10.1. The first-order chi connectivity index (χ1) is 9.58. The highest BCUT2D eigenvalue weighted by Gasteiger charge is 2.13. The summed E-state index contributed by atoms with van der Waals surface area (Å²) in [6, 6.07) is 6.68. The van der Waals surface area contributed by atoms with Crippen LogP contribution in [0.4, 0.5) is 0 Å². The Labute approximate surface area is 120 Å². The second kappa shape index (κ2) is 6.85. The molecule has 0 bridgehead atoms. The van der Waals surface area contributed by atoms with Crippen LogP contribution in [-0.4, -0.2) is 27.3 Å². The van der Waals surface area contributed by atoms with Crippen LogP contribution in [0.5, 0.6) is 0 Å². The molecule has 110 valence electrons. The topological polar surface area (TPSA) is 67.8 Å². The first kappa shape index (κ1) is 15.0. The Morgan fingerprint density at radius 3 is 2.65 bits per heavy atom. The van der Waals surface area contributed by atoms with Gasteiger partial charge in [0.25, 0.3) is 10.0 Å². The molecule has 1 fully saturated rings. The van der Waals surface area contributed by atoms with Gasteiger partial charge in [0, 0.05) is 6.61 Å². The molecule has 20 heavy (non-hydrogen) atoms. The van der Waals surface area contributed by atoms with Crippen molar-refractivity contribution in [1.29, 1.82) is 0 Å². The van der Waals surface area contributed by atoms with E-state index in [4.69, 9.17) is 4.74 Å². The number of rotatable bonds is 3. The van der Waals surface area contributed by atoms with Crippen molar-refractivity contribution in [2.24, 2.45) is 5.10 Å². The predicted octanol–water partition coefficient (Wildman–Crippen LogP) is 2.22. The predicted molar refractivity (Wildman–Crippen MR) is 78.2 cm³/mol. The van der Waals surface area contributed by atoms with Crippen molar-refractivity contribution in [2.45, 2.75) is 37.5 Å². The zero-order valence-electron chi connectivity index (χ0n) is 11.6. The van der Waals surface area contributed by atoms with Gasteiger partial charge in [-0.25, -0.2) is 4.83 Å². The largest absolute Gasteiger partial charge is 0.375 e. The van der Waals surface area contributed by atoms with E-state index in [0.29, 0.717) is 13.2 Å². The number of nitrogens with one attached hydrogen (secondary N) is 1. The number of hydrogen-bond donors (Lipinski definition) is 1. The van der Waals surface area contributed by atoms with Crippen LogP contribution in [0, 0.1) is 6.92 Å². The molecule has 0 aliphatic carbocycles. The van der Waals surface area contributed by atoms with Gasteiger partial charge < -0.3 is 4.74 Å². The lowest BCUT2D eigenvalue weighted by molar-refractivity contribution is 0.160. The monoisotopic (exact) mass is 296 g/mol. The van der Waals surface area contributed by atoms with Crippen molar-refractivity contribution in [2.75, 3.05) is 13.2 Å². The van der Waals surface area contributed by atoms with Gasteiger partial charge in [-0.2, -0.15) is 13.5 Å². The second-order valence-electron chi connectivity index (χ2n) is 4.95. The van der Waals surface area contributed by atoms with Gasteiger partial charge >= 0.3 is 0 Å². The number of hydrazone groups is 1. The number of sulfonamides is 1. The second-order valence-corrected chi connectivity index (χ2v) is 6.61. The standard InChI is InChI=1S/C14H20N2O3S/c1-12-6-8-14(9-7-12)20(17,18)16-15-13-5-3-2-4-10-19-11-13/h6-9,16H,2-5,10-11H2,1H3/b15-13-. The molecule has 5 nitrogen and oxygen atoms in total. The van der Waals surface area contributed by atoms with E-state index in [0.717, 1.165) is 37.0 Å². The molecule has 1 aliphatic heterocycles. The summed E-state index contributed by atoms with van der Waals surface area (Å²) in [5.74, 6) is 0. The quantitative estimate of drug-likeness (QED) is 0.870. The minimum Gasteiger partial charge on any atom is -0.375 e. The average Bonchev–Trinajstić information content (AvgIpc) is 2.38. The molecule has 0 unspecified atom stereocenters. The van der Waals surface area contributed by atoms with Crippen LogP contribution >= 0.6 is 0 Å². The first-order valence-electron chi connectivity index (χ1n) is 6.79.